The lowest BCUT2D eigenvalue weighted by atomic mass is 10.1. The molecule has 0 spiro atoms. The first-order valence-electron chi connectivity index (χ1n) is 7.19. The summed E-state index contributed by atoms with van der Waals surface area (Å²) in [4.78, 5) is 13.4. The summed E-state index contributed by atoms with van der Waals surface area (Å²) in [5.74, 6) is 0.591. The maximum Gasteiger partial charge on any atom is 0.265 e. The molecular weight excluding hydrogens is 294 g/mol. The number of carbonyl (C=O) groups excluding carboxylic acids is 1. The molecule has 116 valence electrons. The summed E-state index contributed by atoms with van der Waals surface area (Å²) in [6.07, 6.45) is 1.43. The third kappa shape index (κ3) is 4.04. The Balaban J connectivity index is 2.06. The van der Waals surface area contributed by atoms with Crippen molar-refractivity contribution < 1.29 is 9.53 Å². The van der Waals surface area contributed by atoms with E-state index in [1.807, 2.05) is 62.6 Å². The molecule has 0 fully saturated rings. The van der Waals surface area contributed by atoms with Gasteiger partial charge in [0.25, 0.3) is 5.91 Å². The fourth-order valence-electron chi connectivity index (χ4n) is 2.16. The Morgan fingerprint density at radius 1 is 1.18 bits per heavy atom. The van der Waals surface area contributed by atoms with Gasteiger partial charge in [-0.1, -0.05) is 29.8 Å². The smallest absolute Gasteiger partial charge is 0.265 e. The van der Waals surface area contributed by atoms with E-state index in [1.54, 1.807) is 18.7 Å². The number of hydrogen-bond donors (Lipinski definition) is 1. The van der Waals surface area contributed by atoms with Crippen LogP contribution in [-0.2, 0) is 4.79 Å². The first kappa shape index (κ1) is 16.4. The number of nitrogens with one attached hydrogen (secondary N) is 1. The van der Waals surface area contributed by atoms with Crippen molar-refractivity contribution in [3.8, 4) is 5.75 Å². The molecule has 22 heavy (non-hydrogen) atoms. The van der Waals surface area contributed by atoms with Crippen LogP contribution in [0.4, 0.5) is 5.69 Å². The number of thioether (sulfide) groups is 1. The number of hydrogen-bond acceptors (Lipinski definition) is 3. The Morgan fingerprint density at radius 2 is 1.91 bits per heavy atom. The maximum atomic E-state index is 12.3. The van der Waals surface area contributed by atoms with Crippen LogP contribution in [0.1, 0.15) is 18.1 Å². The normalized spacial score (nSPS) is 11.8. The predicted molar refractivity (Wildman–Crippen MR) is 92.9 cm³/mol. The van der Waals surface area contributed by atoms with E-state index in [0.717, 1.165) is 21.9 Å². The Labute approximate surface area is 136 Å². The molecule has 1 N–H and O–H groups in total. The number of aryl methyl sites for hydroxylation is 2. The van der Waals surface area contributed by atoms with Crippen LogP contribution in [0.5, 0.6) is 5.75 Å². The van der Waals surface area contributed by atoms with Crippen molar-refractivity contribution in [3.63, 3.8) is 0 Å². The van der Waals surface area contributed by atoms with Crippen LogP contribution in [0, 0.1) is 13.8 Å². The summed E-state index contributed by atoms with van der Waals surface area (Å²) in [5.41, 5.74) is 3.02. The molecule has 0 aliphatic rings. The van der Waals surface area contributed by atoms with Crippen LogP contribution in [0.3, 0.4) is 0 Å². The van der Waals surface area contributed by atoms with Crippen molar-refractivity contribution >= 4 is 23.4 Å². The van der Waals surface area contributed by atoms with Crippen molar-refractivity contribution in [2.24, 2.45) is 0 Å². The largest absolute Gasteiger partial charge is 0.481 e. The van der Waals surface area contributed by atoms with E-state index in [9.17, 15) is 4.79 Å². The second kappa shape index (κ2) is 7.36. The highest BCUT2D eigenvalue weighted by Crippen LogP contribution is 2.25. The summed E-state index contributed by atoms with van der Waals surface area (Å²) < 4.78 is 5.79. The minimum atomic E-state index is -0.559. The van der Waals surface area contributed by atoms with Gasteiger partial charge in [0.05, 0.1) is 5.69 Å². The molecule has 0 saturated carbocycles. The average molecular weight is 315 g/mol. The fourth-order valence-corrected chi connectivity index (χ4v) is 2.71. The molecule has 0 aliphatic heterocycles. The van der Waals surface area contributed by atoms with Crippen LogP contribution < -0.4 is 10.1 Å². The summed E-state index contributed by atoms with van der Waals surface area (Å²) >= 11 is 1.60. The number of anilines is 1. The van der Waals surface area contributed by atoms with Crippen LogP contribution in [0.25, 0.3) is 0 Å². The third-order valence-corrected chi connectivity index (χ3v) is 4.16. The Kier molecular flexibility index (Phi) is 5.50. The van der Waals surface area contributed by atoms with Gasteiger partial charge in [-0.25, -0.2) is 0 Å². The van der Waals surface area contributed by atoms with Crippen LogP contribution in [0.2, 0.25) is 0 Å². The molecule has 0 unspecified atom stereocenters. The van der Waals surface area contributed by atoms with Crippen LogP contribution in [0.15, 0.2) is 47.4 Å². The van der Waals surface area contributed by atoms with Gasteiger partial charge in [-0.05, 0) is 50.8 Å². The number of benzene rings is 2. The maximum absolute atomic E-state index is 12.3. The Hall–Kier alpha value is -1.94. The first-order valence-corrected chi connectivity index (χ1v) is 8.41. The Morgan fingerprint density at radius 3 is 2.59 bits per heavy atom. The van der Waals surface area contributed by atoms with Gasteiger partial charge >= 0.3 is 0 Å². The number of carbonyl (C=O) groups is 1. The quantitative estimate of drug-likeness (QED) is 0.829. The standard InChI is InChI=1S/C18H21NO2S/c1-12-9-10-16(13(2)11-12)21-14(3)18(20)19-15-7-5-6-8-17(15)22-4/h5-11,14H,1-4H3,(H,19,20)/t14-/m1/s1. The van der Waals surface area contributed by atoms with Gasteiger partial charge in [-0.3, -0.25) is 4.79 Å². The van der Waals surface area contributed by atoms with Crippen LogP contribution in [-0.4, -0.2) is 18.3 Å². The molecule has 0 heterocycles. The van der Waals surface area contributed by atoms with E-state index in [0.29, 0.717) is 0 Å². The first-order chi connectivity index (χ1) is 10.5. The number of rotatable bonds is 5. The minimum absolute atomic E-state index is 0.151. The van der Waals surface area contributed by atoms with Crippen molar-refractivity contribution in [2.45, 2.75) is 31.8 Å². The summed E-state index contributed by atoms with van der Waals surface area (Å²) in [7, 11) is 0. The summed E-state index contributed by atoms with van der Waals surface area (Å²) in [6.45, 7) is 5.78. The Bertz CT molecular complexity index is 670. The zero-order valence-electron chi connectivity index (χ0n) is 13.3. The SMILES string of the molecule is CSc1ccccc1NC(=O)[C@@H](C)Oc1ccc(C)cc1C. The van der Waals surface area contributed by atoms with Gasteiger partial charge in [0.1, 0.15) is 5.75 Å². The van der Waals surface area contributed by atoms with Crippen molar-refractivity contribution in [1.82, 2.24) is 0 Å². The van der Waals surface area contributed by atoms with E-state index in [2.05, 4.69) is 5.32 Å². The van der Waals surface area contributed by atoms with E-state index in [4.69, 9.17) is 4.74 Å². The molecule has 0 radical (unpaired) electrons. The van der Waals surface area contributed by atoms with E-state index >= 15 is 0 Å². The van der Waals surface area contributed by atoms with Gasteiger partial charge in [0, 0.05) is 4.90 Å². The highest BCUT2D eigenvalue weighted by Gasteiger charge is 2.17. The highest BCUT2D eigenvalue weighted by atomic mass is 32.2. The molecule has 1 amide bonds. The molecule has 0 saturated heterocycles. The van der Waals surface area contributed by atoms with Crippen molar-refractivity contribution in [1.29, 1.82) is 0 Å². The molecule has 2 aromatic rings. The van der Waals surface area contributed by atoms with Gasteiger partial charge in [-0.2, -0.15) is 0 Å². The van der Waals surface area contributed by atoms with E-state index < -0.39 is 6.10 Å². The lowest BCUT2D eigenvalue weighted by Crippen LogP contribution is -2.30. The lowest BCUT2D eigenvalue weighted by Gasteiger charge is -2.17. The second-order valence-corrected chi connectivity index (χ2v) is 6.07. The topological polar surface area (TPSA) is 38.3 Å². The van der Waals surface area contributed by atoms with E-state index in [1.165, 1.54) is 5.56 Å². The number of para-hydroxylation sites is 1. The second-order valence-electron chi connectivity index (χ2n) is 5.22. The lowest BCUT2D eigenvalue weighted by molar-refractivity contribution is -0.122. The molecular formula is C18H21NO2S. The third-order valence-electron chi connectivity index (χ3n) is 3.37. The molecule has 2 aromatic carbocycles. The summed E-state index contributed by atoms with van der Waals surface area (Å²) in [6, 6.07) is 13.7. The molecule has 4 heteroatoms. The number of ether oxygens (including phenoxy) is 1. The van der Waals surface area contributed by atoms with E-state index in [-0.39, 0.29) is 5.91 Å². The summed E-state index contributed by atoms with van der Waals surface area (Å²) in [5, 5.41) is 2.93. The number of amides is 1. The fraction of sp³-hybridized carbons (Fsp3) is 0.278. The average Bonchev–Trinajstić information content (AvgIpc) is 2.50. The highest BCUT2D eigenvalue weighted by molar-refractivity contribution is 7.98. The van der Waals surface area contributed by atoms with Gasteiger partial charge in [0.15, 0.2) is 6.10 Å². The molecule has 0 aromatic heterocycles. The van der Waals surface area contributed by atoms with Crippen LogP contribution >= 0.6 is 11.8 Å². The van der Waals surface area contributed by atoms with Crippen molar-refractivity contribution in [3.05, 3.63) is 53.6 Å². The van der Waals surface area contributed by atoms with Gasteiger partial charge < -0.3 is 10.1 Å². The van der Waals surface area contributed by atoms with Gasteiger partial charge in [-0.15, -0.1) is 11.8 Å². The van der Waals surface area contributed by atoms with Crippen molar-refractivity contribution in [2.75, 3.05) is 11.6 Å². The van der Waals surface area contributed by atoms with Gasteiger partial charge in [0.2, 0.25) is 0 Å². The molecule has 3 nitrogen and oxygen atoms in total. The minimum Gasteiger partial charge on any atom is -0.481 e. The monoisotopic (exact) mass is 315 g/mol. The zero-order valence-corrected chi connectivity index (χ0v) is 14.2. The molecule has 2 rings (SSSR count). The molecule has 0 aliphatic carbocycles. The molecule has 1 atom stereocenters. The molecule has 0 bridgehead atoms. The predicted octanol–water partition coefficient (Wildman–Crippen LogP) is 4.43. The zero-order chi connectivity index (χ0) is 16.1.